The minimum Gasteiger partial charge on any atom is -0.459 e. The molecule has 0 radical (unpaired) electrons. The molecule has 5 nitrogen and oxygen atoms in total. The van der Waals surface area contributed by atoms with Gasteiger partial charge in [-0.05, 0) is 67.4 Å². The summed E-state index contributed by atoms with van der Waals surface area (Å²) in [6.45, 7) is 3.97. The van der Waals surface area contributed by atoms with E-state index in [-0.39, 0.29) is 17.6 Å². The van der Waals surface area contributed by atoms with E-state index in [1.165, 1.54) is 6.26 Å². The van der Waals surface area contributed by atoms with Crippen molar-refractivity contribution < 1.29 is 14.0 Å². The summed E-state index contributed by atoms with van der Waals surface area (Å²) >= 11 is 0. The minimum atomic E-state index is -0.336. The number of furan rings is 1. The molecule has 0 aliphatic heterocycles. The minimum absolute atomic E-state index is 0.197. The van der Waals surface area contributed by atoms with Crippen LogP contribution in [0.4, 0.5) is 11.4 Å². The molecule has 0 aliphatic rings. The lowest BCUT2D eigenvalue weighted by atomic mass is 10.1. The van der Waals surface area contributed by atoms with E-state index in [0.29, 0.717) is 11.3 Å². The number of carbonyl (C=O) groups excluding carboxylic acids is 2. The Labute approximate surface area is 145 Å². The van der Waals surface area contributed by atoms with Crippen LogP contribution in [0.25, 0.3) is 0 Å². The highest BCUT2D eigenvalue weighted by atomic mass is 16.3. The van der Waals surface area contributed by atoms with Crippen LogP contribution >= 0.6 is 0 Å². The van der Waals surface area contributed by atoms with Crippen molar-refractivity contribution in [1.29, 1.82) is 0 Å². The average Bonchev–Trinajstić information content (AvgIpc) is 3.14. The first-order valence-corrected chi connectivity index (χ1v) is 7.87. The number of hydrogen-bond donors (Lipinski definition) is 2. The summed E-state index contributed by atoms with van der Waals surface area (Å²) in [5.41, 5.74) is 4.05. The van der Waals surface area contributed by atoms with Crippen molar-refractivity contribution in [1.82, 2.24) is 0 Å². The predicted molar refractivity (Wildman–Crippen MR) is 97.0 cm³/mol. The van der Waals surface area contributed by atoms with Crippen LogP contribution in [0, 0.1) is 13.8 Å². The molecule has 0 saturated carbocycles. The normalized spacial score (nSPS) is 10.3. The first-order chi connectivity index (χ1) is 12.0. The molecule has 3 aromatic rings. The molecule has 2 aromatic carbocycles. The van der Waals surface area contributed by atoms with E-state index in [1.54, 1.807) is 36.4 Å². The SMILES string of the molecule is Cc1cccc(NC(=O)c2ccc(NC(=O)c3ccco3)cc2)c1C. The van der Waals surface area contributed by atoms with E-state index in [9.17, 15) is 9.59 Å². The van der Waals surface area contributed by atoms with Crippen LogP contribution in [0.3, 0.4) is 0 Å². The first kappa shape index (κ1) is 16.5. The fourth-order valence-corrected chi connectivity index (χ4v) is 2.39. The van der Waals surface area contributed by atoms with Gasteiger partial charge in [-0.3, -0.25) is 9.59 Å². The Morgan fingerprint density at radius 2 is 1.60 bits per heavy atom. The smallest absolute Gasteiger partial charge is 0.291 e. The number of anilines is 2. The van der Waals surface area contributed by atoms with Gasteiger partial charge in [-0.25, -0.2) is 0 Å². The van der Waals surface area contributed by atoms with E-state index >= 15 is 0 Å². The molecule has 0 bridgehead atoms. The number of aryl methyl sites for hydroxylation is 1. The van der Waals surface area contributed by atoms with Crippen LogP contribution in [0.15, 0.2) is 65.3 Å². The lowest BCUT2D eigenvalue weighted by Gasteiger charge is -2.11. The summed E-state index contributed by atoms with van der Waals surface area (Å²) in [5, 5.41) is 5.62. The van der Waals surface area contributed by atoms with E-state index in [0.717, 1.165) is 16.8 Å². The highest BCUT2D eigenvalue weighted by Crippen LogP contribution is 2.19. The second-order valence-electron chi connectivity index (χ2n) is 5.71. The summed E-state index contributed by atoms with van der Waals surface area (Å²) in [7, 11) is 0. The summed E-state index contributed by atoms with van der Waals surface area (Å²) in [5.74, 6) is -0.299. The van der Waals surface area contributed by atoms with Gasteiger partial charge in [0.25, 0.3) is 11.8 Å². The number of carbonyl (C=O) groups is 2. The summed E-state index contributed by atoms with van der Waals surface area (Å²) in [4.78, 5) is 24.3. The Balaban J connectivity index is 1.68. The first-order valence-electron chi connectivity index (χ1n) is 7.87. The lowest BCUT2D eigenvalue weighted by molar-refractivity contribution is 0.0995. The summed E-state index contributed by atoms with van der Waals surface area (Å²) in [6, 6.07) is 15.7. The van der Waals surface area contributed by atoms with Crippen LogP contribution < -0.4 is 10.6 Å². The van der Waals surface area contributed by atoms with Gasteiger partial charge in [0.05, 0.1) is 6.26 Å². The molecule has 1 aromatic heterocycles. The van der Waals surface area contributed by atoms with Crippen LogP contribution in [0.1, 0.15) is 32.0 Å². The molecule has 0 unspecified atom stereocenters. The molecule has 0 aliphatic carbocycles. The third kappa shape index (κ3) is 3.77. The van der Waals surface area contributed by atoms with Crippen LogP contribution in [-0.2, 0) is 0 Å². The zero-order valence-electron chi connectivity index (χ0n) is 14.0. The summed E-state index contributed by atoms with van der Waals surface area (Å²) < 4.78 is 5.04. The van der Waals surface area contributed by atoms with Gasteiger partial charge in [0.1, 0.15) is 0 Å². The molecule has 0 atom stereocenters. The monoisotopic (exact) mass is 334 g/mol. The van der Waals surface area contributed by atoms with Crippen molar-refractivity contribution in [2.24, 2.45) is 0 Å². The quantitative estimate of drug-likeness (QED) is 0.743. The highest BCUT2D eigenvalue weighted by Gasteiger charge is 2.11. The predicted octanol–water partition coefficient (Wildman–Crippen LogP) is 4.40. The van der Waals surface area contributed by atoms with Crippen molar-refractivity contribution >= 4 is 23.2 Å². The van der Waals surface area contributed by atoms with E-state index in [4.69, 9.17) is 4.42 Å². The molecular weight excluding hydrogens is 316 g/mol. The fraction of sp³-hybridized carbons (Fsp3) is 0.100. The maximum atomic E-state index is 12.4. The largest absolute Gasteiger partial charge is 0.459 e. The molecule has 2 amide bonds. The Morgan fingerprint density at radius 1 is 0.840 bits per heavy atom. The third-order valence-corrected chi connectivity index (χ3v) is 4.00. The number of amides is 2. The van der Waals surface area contributed by atoms with Crippen molar-refractivity contribution in [3.63, 3.8) is 0 Å². The molecule has 1 heterocycles. The average molecular weight is 334 g/mol. The van der Waals surface area contributed by atoms with Crippen LogP contribution in [-0.4, -0.2) is 11.8 Å². The maximum absolute atomic E-state index is 12.4. The van der Waals surface area contributed by atoms with Crippen LogP contribution in [0.5, 0.6) is 0 Å². The Morgan fingerprint density at radius 3 is 2.28 bits per heavy atom. The third-order valence-electron chi connectivity index (χ3n) is 4.00. The standard InChI is InChI=1S/C20H18N2O3/c1-13-5-3-6-17(14(13)2)22-19(23)15-8-10-16(11-9-15)21-20(24)18-7-4-12-25-18/h3-12H,1-2H3,(H,21,24)(H,22,23). The maximum Gasteiger partial charge on any atom is 0.291 e. The van der Waals surface area contributed by atoms with Crippen LogP contribution in [0.2, 0.25) is 0 Å². The van der Waals surface area contributed by atoms with Gasteiger partial charge in [0.2, 0.25) is 0 Å². The van der Waals surface area contributed by atoms with Crippen molar-refractivity contribution in [3.05, 3.63) is 83.3 Å². The van der Waals surface area contributed by atoms with E-state index in [1.807, 2.05) is 32.0 Å². The van der Waals surface area contributed by atoms with Gasteiger partial charge in [0, 0.05) is 16.9 Å². The molecule has 126 valence electrons. The molecule has 0 saturated heterocycles. The summed E-state index contributed by atoms with van der Waals surface area (Å²) in [6.07, 6.45) is 1.44. The Kier molecular flexibility index (Phi) is 4.66. The van der Waals surface area contributed by atoms with Gasteiger partial charge in [-0.2, -0.15) is 0 Å². The molecule has 0 spiro atoms. The molecule has 25 heavy (non-hydrogen) atoms. The molecule has 3 rings (SSSR count). The second kappa shape index (κ2) is 7.05. The number of benzene rings is 2. The molecule has 5 heteroatoms. The van der Waals surface area contributed by atoms with Gasteiger partial charge in [0.15, 0.2) is 5.76 Å². The van der Waals surface area contributed by atoms with E-state index < -0.39 is 0 Å². The number of nitrogens with one attached hydrogen (secondary N) is 2. The zero-order valence-corrected chi connectivity index (χ0v) is 14.0. The molecule has 0 fully saturated rings. The highest BCUT2D eigenvalue weighted by molar-refractivity contribution is 6.06. The number of hydrogen-bond acceptors (Lipinski definition) is 3. The van der Waals surface area contributed by atoms with Gasteiger partial charge < -0.3 is 15.1 Å². The molecule has 2 N–H and O–H groups in total. The van der Waals surface area contributed by atoms with Crippen molar-refractivity contribution in [2.75, 3.05) is 10.6 Å². The topological polar surface area (TPSA) is 71.3 Å². The number of rotatable bonds is 4. The fourth-order valence-electron chi connectivity index (χ4n) is 2.39. The zero-order chi connectivity index (χ0) is 17.8. The van der Waals surface area contributed by atoms with E-state index in [2.05, 4.69) is 10.6 Å². The molecular formula is C20H18N2O3. The Hall–Kier alpha value is -3.34. The lowest BCUT2D eigenvalue weighted by Crippen LogP contribution is -2.14. The van der Waals surface area contributed by atoms with Crippen molar-refractivity contribution in [3.8, 4) is 0 Å². The van der Waals surface area contributed by atoms with Gasteiger partial charge in [-0.1, -0.05) is 12.1 Å². The second-order valence-corrected chi connectivity index (χ2v) is 5.71. The van der Waals surface area contributed by atoms with Gasteiger partial charge >= 0.3 is 0 Å². The van der Waals surface area contributed by atoms with Crippen molar-refractivity contribution in [2.45, 2.75) is 13.8 Å². The van der Waals surface area contributed by atoms with Gasteiger partial charge in [-0.15, -0.1) is 0 Å². The Bertz CT molecular complexity index is 897.